The van der Waals surface area contributed by atoms with E-state index in [1.807, 2.05) is 0 Å². The molecule has 0 aliphatic carbocycles. The first-order valence-corrected chi connectivity index (χ1v) is 4.59. The van der Waals surface area contributed by atoms with Crippen molar-refractivity contribution in [1.82, 2.24) is 4.98 Å². The van der Waals surface area contributed by atoms with E-state index in [0.717, 1.165) is 17.3 Å². The lowest BCUT2D eigenvalue weighted by Crippen LogP contribution is -1.99. The maximum Gasteiger partial charge on any atom is 0.337 e. The van der Waals surface area contributed by atoms with Gasteiger partial charge in [0.15, 0.2) is 0 Å². The minimum absolute atomic E-state index is 0.244. The summed E-state index contributed by atoms with van der Waals surface area (Å²) in [5, 5.41) is 9.44. The lowest BCUT2D eigenvalue weighted by atomic mass is 10.2. The van der Waals surface area contributed by atoms with Gasteiger partial charge < -0.3 is 5.11 Å². The molecule has 0 radical (unpaired) electrons. The topological polar surface area (TPSA) is 50.2 Å². The monoisotopic (exact) mass is 229 g/mol. The molecular weight excluding hydrogens is 222 g/mol. The molecule has 0 fully saturated rings. The molecule has 1 aromatic heterocycles. The van der Waals surface area contributed by atoms with E-state index in [1.54, 1.807) is 12.3 Å². The first-order valence-electron chi connectivity index (χ1n) is 3.47. The Morgan fingerprint density at radius 1 is 1.58 bits per heavy atom. The Balaban J connectivity index is 2.88. The number of carbonyl (C=O) groups is 1. The van der Waals surface area contributed by atoms with Crippen LogP contribution in [-0.2, 0) is 6.42 Å². The van der Waals surface area contributed by atoms with Crippen LogP contribution in [0.15, 0.2) is 18.5 Å². The zero-order valence-electron chi connectivity index (χ0n) is 6.33. The number of nitrogens with zero attached hydrogens (tertiary/aromatic N) is 1. The Morgan fingerprint density at radius 3 is 2.92 bits per heavy atom. The lowest BCUT2D eigenvalue weighted by molar-refractivity contribution is 0.0696. The highest BCUT2D eigenvalue weighted by Crippen LogP contribution is 2.04. The van der Waals surface area contributed by atoms with Gasteiger partial charge in [-0.05, 0) is 18.1 Å². The van der Waals surface area contributed by atoms with Crippen LogP contribution in [0.4, 0.5) is 0 Å². The summed E-state index contributed by atoms with van der Waals surface area (Å²) >= 11 is 3.27. The van der Waals surface area contributed by atoms with E-state index in [9.17, 15) is 4.79 Å². The molecule has 3 nitrogen and oxygen atoms in total. The highest BCUT2D eigenvalue weighted by Gasteiger charge is 2.02. The summed E-state index contributed by atoms with van der Waals surface area (Å²) in [5.41, 5.74) is 1.18. The van der Waals surface area contributed by atoms with Crippen LogP contribution in [0.3, 0.4) is 0 Å². The van der Waals surface area contributed by atoms with E-state index < -0.39 is 5.97 Å². The third-order valence-corrected chi connectivity index (χ3v) is 1.82. The summed E-state index contributed by atoms with van der Waals surface area (Å²) in [6, 6.07) is 1.64. The maximum absolute atomic E-state index is 10.5. The molecule has 12 heavy (non-hydrogen) atoms. The van der Waals surface area contributed by atoms with Gasteiger partial charge in [-0.1, -0.05) is 15.9 Å². The largest absolute Gasteiger partial charge is 0.478 e. The van der Waals surface area contributed by atoms with Crippen LogP contribution < -0.4 is 0 Å². The molecule has 0 spiro atoms. The highest BCUT2D eigenvalue weighted by molar-refractivity contribution is 9.09. The van der Waals surface area contributed by atoms with Crippen molar-refractivity contribution in [2.24, 2.45) is 0 Å². The molecule has 1 aromatic rings. The molecule has 0 aliphatic heterocycles. The minimum atomic E-state index is -0.932. The molecule has 1 N–H and O–H groups in total. The van der Waals surface area contributed by atoms with Gasteiger partial charge in [0.1, 0.15) is 0 Å². The number of aryl methyl sites for hydroxylation is 1. The lowest BCUT2D eigenvalue weighted by Gasteiger charge is -1.97. The van der Waals surface area contributed by atoms with Crippen LogP contribution >= 0.6 is 15.9 Å². The number of carboxylic acids is 1. The molecule has 0 aromatic carbocycles. The van der Waals surface area contributed by atoms with Crippen LogP contribution in [0.1, 0.15) is 15.9 Å². The second-order valence-electron chi connectivity index (χ2n) is 2.33. The smallest absolute Gasteiger partial charge is 0.337 e. The summed E-state index contributed by atoms with van der Waals surface area (Å²) in [5.74, 6) is -0.932. The van der Waals surface area contributed by atoms with E-state index in [1.165, 1.54) is 6.20 Å². The molecule has 0 unspecified atom stereocenters. The summed E-state index contributed by atoms with van der Waals surface area (Å²) in [4.78, 5) is 14.3. The Kier molecular flexibility index (Phi) is 3.22. The molecule has 0 amide bonds. The van der Waals surface area contributed by atoms with Gasteiger partial charge in [-0.3, -0.25) is 4.98 Å². The summed E-state index contributed by atoms with van der Waals surface area (Å²) in [6.45, 7) is 0. The second kappa shape index (κ2) is 4.21. The second-order valence-corrected chi connectivity index (χ2v) is 3.12. The fourth-order valence-electron chi connectivity index (χ4n) is 0.850. The first-order chi connectivity index (χ1) is 5.74. The number of pyridine rings is 1. The van der Waals surface area contributed by atoms with Crippen LogP contribution in [0.2, 0.25) is 0 Å². The fraction of sp³-hybridized carbons (Fsp3) is 0.250. The Hall–Kier alpha value is -0.900. The average molecular weight is 230 g/mol. The molecule has 1 rings (SSSR count). The SMILES string of the molecule is O=C(O)c1cncc(CCBr)c1. The van der Waals surface area contributed by atoms with Crippen molar-refractivity contribution in [2.75, 3.05) is 5.33 Å². The zero-order valence-corrected chi connectivity index (χ0v) is 7.91. The van der Waals surface area contributed by atoms with Gasteiger partial charge in [0.25, 0.3) is 0 Å². The number of halogens is 1. The number of hydrogen-bond acceptors (Lipinski definition) is 2. The van der Waals surface area contributed by atoms with Crippen LogP contribution in [0.5, 0.6) is 0 Å². The number of alkyl halides is 1. The van der Waals surface area contributed by atoms with Gasteiger partial charge in [0.2, 0.25) is 0 Å². The van der Waals surface area contributed by atoms with Crippen molar-refractivity contribution in [1.29, 1.82) is 0 Å². The first kappa shape index (κ1) is 9.19. The molecule has 0 aliphatic rings. The maximum atomic E-state index is 10.5. The van der Waals surface area contributed by atoms with Crippen LogP contribution in [0.25, 0.3) is 0 Å². The van der Waals surface area contributed by atoms with Gasteiger partial charge in [-0.25, -0.2) is 4.79 Å². The van der Waals surface area contributed by atoms with E-state index >= 15 is 0 Å². The zero-order chi connectivity index (χ0) is 8.97. The molecule has 1 heterocycles. The molecule has 64 valence electrons. The van der Waals surface area contributed by atoms with Gasteiger partial charge in [0.05, 0.1) is 5.56 Å². The van der Waals surface area contributed by atoms with E-state index in [0.29, 0.717) is 0 Å². The Morgan fingerprint density at radius 2 is 2.33 bits per heavy atom. The van der Waals surface area contributed by atoms with Crippen molar-refractivity contribution in [2.45, 2.75) is 6.42 Å². The predicted molar refractivity (Wildman–Crippen MR) is 48.7 cm³/mol. The van der Waals surface area contributed by atoms with Crippen LogP contribution in [-0.4, -0.2) is 21.4 Å². The molecule has 0 saturated carbocycles. The minimum Gasteiger partial charge on any atom is -0.478 e. The van der Waals surface area contributed by atoms with E-state index in [-0.39, 0.29) is 5.56 Å². The molecule has 4 heteroatoms. The summed E-state index contributed by atoms with van der Waals surface area (Å²) in [6.07, 6.45) is 3.82. The normalized spacial score (nSPS) is 9.75. The molecule has 0 saturated heterocycles. The predicted octanol–water partition coefficient (Wildman–Crippen LogP) is 1.72. The summed E-state index contributed by atoms with van der Waals surface area (Å²) < 4.78 is 0. The highest BCUT2D eigenvalue weighted by atomic mass is 79.9. The quantitative estimate of drug-likeness (QED) is 0.804. The van der Waals surface area contributed by atoms with Crippen molar-refractivity contribution in [3.63, 3.8) is 0 Å². The number of hydrogen-bond donors (Lipinski definition) is 1. The van der Waals surface area contributed by atoms with E-state index in [2.05, 4.69) is 20.9 Å². The van der Waals surface area contributed by atoms with Gasteiger partial charge >= 0.3 is 5.97 Å². The molecule has 0 atom stereocenters. The van der Waals surface area contributed by atoms with Crippen molar-refractivity contribution in [3.8, 4) is 0 Å². The third-order valence-electron chi connectivity index (χ3n) is 1.42. The fourth-order valence-corrected chi connectivity index (χ4v) is 1.31. The Labute approximate surface area is 78.6 Å². The van der Waals surface area contributed by atoms with Gasteiger partial charge in [-0.15, -0.1) is 0 Å². The number of rotatable bonds is 3. The van der Waals surface area contributed by atoms with Crippen molar-refractivity contribution >= 4 is 21.9 Å². The van der Waals surface area contributed by atoms with Gasteiger partial charge in [-0.2, -0.15) is 0 Å². The third kappa shape index (κ3) is 2.30. The Bertz CT molecular complexity index is 288. The number of carboxylic acid groups (broad SMARTS) is 1. The standard InChI is InChI=1S/C8H8BrNO2/c9-2-1-6-3-7(8(11)12)5-10-4-6/h3-5H,1-2H2,(H,11,12). The van der Waals surface area contributed by atoms with Crippen molar-refractivity contribution < 1.29 is 9.90 Å². The van der Waals surface area contributed by atoms with Crippen LogP contribution in [0, 0.1) is 0 Å². The van der Waals surface area contributed by atoms with E-state index in [4.69, 9.17) is 5.11 Å². The summed E-state index contributed by atoms with van der Waals surface area (Å²) in [7, 11) is 0. The number of aromatic carboxylic acids is 1. The molecule has 0 bridgehead atoms. The average Bonchev–Trinajstić information content (AvgIpc) is 2.05. The molecular formula is C8H8BrNO2. The van der Waals surface area contributed by atoms with Gasteiger partial charge in [0, 0.05) is 17.7 Å². The number of aromatic nitrogens is 1. The van der Waals surface area contributed by atoms with Crippen molar-refractivity contribution in [3.05, 3.63) is 29.6 Å².